The van der Waals surface area contributed by atoms with Gasteiger partial charge in [0.1, 0.15) is 0 Å². The fourth-order valence-corrected chi connectivity index (χ4v) is 3.00. The van der Waals surface area contributed by atoms with E-state index in [4.69, 9.17) is 12.2 Å². The lowest BCUT2D eigenvalue weighted by molar-refractivity contribution is 0.279. The first-order chi connectivity index (χ1) is 10.2. The van der Waals surface area contributed by atoms with Crippen molar-refractivity contribution in [2.75, 3.05) is 7.05 Å². The third-order valence-electron chi connectivity index (χ3n) is 3.00. The van der Waals surface area contributed by atoms with Gasteiger partial charge in [-0.15, -0.1) is 0 Å². The van der Waals surface area contributed by atoms with Crippen molar-refractivity contribution in [3.63, 3.8) is 0 Å². The predicted molar refractivity (Wildman–Crippen MR) is 91.4 cm³/mol. The summed E-state index contributed by atoms with van der Waals surface area (Å²) in [5.74, 6) is 0. The maximum absolute atomic E-state index is 9.42. The summed E-state index contributed by atoms with van der Waals surface area (Å²) < 4.78 is 0. The minimum Gasteiger partial charge on any atom is -0.392 e. The van der Waals surface area contributed by atoms with Crippen LogP contribution in [-0.2, 0) is 13.2 Å². The van der Waals surface area contributed by atoms with Gasteiger partial charge in [-0.05, 0) is 35.5 Å². The Morgan fingerprint density at radius 2 is 1.62 bits per heavy atom. The van der Waals surface area contributed by atoms with Gasteiger partial charge >= 0.3 is 0 Å². The second-order valence-electron chi connectivity index (χ2n) is 4.41. The molecule has 3 N–H and O–H groups in total. The molecular formula is C16H18N2OS2. The highest BCUT2D eigenvalue weighted by molar-refractivity contribution is 7.99. The molecule has 0 fully saturated rings. The maximum Gasteiger partial charge on any atom is 0.166 e. The summed E-state index contributed by atoms with van der Waals surface area (Å²) in [6, 6.07) is 16.1. The smallest absolute Gasteiger partial charge is 0.166 e. The van der Waals surface area contributed by atoms with Crippen molar-refractivity contribution in [3.8, 4) is 0 Å². The highest BCUT2D eigenvalue weighted by Gasteiger charge is 2.07. The minimum absolute atomic E-state index is 0.0490. The third-order valence-corrected chi connectivity index (χ3v) is 4.59. The lowest BCUT2D eigenvalue weighted by Crippen LogP contribution is -2.31. The molecule has 0 heterocycles. The maximum atomic E-state index is 9.42. The average molecular weight is 318 g/mol. The van der Waals surface area contributed by atoms with Crippen LogP contribution in [0.15, 0.2) is 58.3 Å². The van der Waals surface area contributed by atoms with Crippen LogP contribution in [0.3, 0.4) is 0 Å². The van der Waals surface area contributed by atoms with E-state index in [1.165, 1.54) is 5.56 Å². The molecule has 0 bridgehead atoms. The molecule has 0 aliphatic carbocycles. The van der Waals surface area contributed by atoms with E-state index in [2.05, 4.69) is 22.8 Å². The zero-order chi connectivity index (χ0) is 15.1. The Hall–Kier alpha value is -1.56. The van der Waals surface area contributed by atoms with E-state index in [1.54, 1.807) is 18.8 Å². The van der Waals surface area contributed by atoms with E-state index < -0.39 is 0 Å². The summed E-state index contributed by atoms with van der Waals surface area (Å²) in [6.07, 6.45) is 0. The minimum atomic E-state index is 0.0490. The number of hydrogen-bond donors (Lipinski definition) is 3. The fourth-order valence-electron chi connectivity index (χ4n) is 1.87. The summed E-state index contributed by atoms with van der Waals surface area (Å²) >= 11 is 6.77. The van der Waals surface area contributed by atoms with Gasteiger partial charge in [-0.25, -0.2) is 0 Å². The van der Waals surface area contributed by atoms with Gasteiger partial charge in [0, 0.05) is 23.4 Å². The van der Waals surface area contributed by atoms with Crippen molar-refractivity contribution in [2.24, 2.45) is 0 Å². The first kappa shape index (κ1) is 15.8. The van der Waals surface area contributed by atoms with Crippen LogP contribution in [-0.4, -0.2) is 17.3 Å². The van der Waals surface area contributed by atoms with Crippen molar-refractivity contribution in [1.29, 1.82) is 0 Å². The first-order valence-electron chi connectivity index (χ1n) is 6.64. The number of rotatable bonds is 5. The van der Waals surface area contributed by atoms with Gasteiger partial charge in [0.15, 0.2) is 5.11 Å². The second-order valence-corrected chi connectivity index (χ2v) is 5.90. The quantitative estimate of drug-likeness (QED) is 0.740. The molecule has 0 saturated heterocycles. The number of thiocarbonyl (C=S) groups is 1. The molecule has 110 valence electrons. The molecule has 2 rings (SSSR count). The largest absolute Gasteiger partial charge is 0.392 e. The highest BCUT2D eigenvalue weighted by Crippen LogP contribution is 2.32. The molecule has 5 heteroatoms. The van der Waals surface area contributed by atoms with Crippen LogP contribution in [0.5, 0.6) is 0 Å². The van der Waals surface area contributed by atoms with E-state index >= 15 is 0 Å². The van der Waals surface area contributed by atoms with Gasteiger partial charge in [0.25, 0.3) is 0 Å². The Morgan fingerprint density at radius 3 is 2.24 bits per heavy atom. The SMILES string of the molecule is CNC(=S)NCc1ccccc1Sc1ccccc1CO. The van der Waals surface area contributed by atoms with E-state index in [9.17, 15) is 5.11 Å². The van der Waals surface area contributed by atoms with E-state index in [-0.39, 0.29) is 6.61 Å². The number of nitrogens with one attached hydrogen (secondary N) is 2. The number of aliphatic hydroxyl groups is 1. The highest BCUT2D eigenvalue weighted by atomic mass is 32.2. The normalized spacial score (nSPS) is 10.2. The fraction of sp³-hybridized carbons (Fsp3) is 0.188. The molecule has 21 heavy (non-hydrogen) atoms. The van der Waals surface area contributed by atoms with Gasteiger partial charge in [-0.1, -0.05) is 48.2 Å². The number of hydrogen-bond acceptors (Lipinski definition) is 3. The Bertz CT molecular complexity index is 617. The second kappa shape index (κ2) is 8.02. The molecule has 0 unspecified atom stereocenters. The van der Waals surface area contributed by atoms with Crippen LogP contribution in [0.25, 0.3) is 0 Å². The Balaban J connectivity index is 2.18. The summed E-state index contributed by atoms with van der Waals surface area (Å²) in [5.41, 5.74) is 2.11. The van der Waals surface area contributed by atoms with Crippen LogP contribution in [0.1, 0.15) is 11.1 Å². The zero-order valence-electron chi connectivity index (χ0n) is 11.8. The van der Waals surface area contributed by atoms with Crippen LogP contribution >= 0.6 is 24.0 Å². The third kappa shape index (κ3) is 4.46. The monoisotopic (exact) mass is 318 g/mol. The van der Waals surface area contributed by atoms with Gasteiger partial charge in [-0.2, -0.15) is 0 Å². The van der Waals surface area contributed by atoms with Crippen LogP contribution in [0.2, 0.25) is 0 Å². The van der Waals surface area contributed by atoms with Crippen LogP contribution < -0.4 is 10.6 Å². The van der Waals surface area contributed by atoms with Crippen molar-refractivity contribution in [3.05, 3.63) is 59.7 Å². The molecule has 0 aromatic heterocycles. The predicted octanol–water partition coefficient (Wildman–Crippen LogP) is 2.92. The van der Waals surface area contributed by atoms with Crippen LogP contribution in [0, 0.1) is 0 Å². The lowest BCUT2D eigenvalue weighted by atomic mass is 10.2. The van der Waals surface area contributed by atoms with Crippen molar-refractivity contribution < 1.29 is 5.11 Å². The molecule has 0 aliphatic rings. The molecule has 0 aliphatic heterocycles. The van der Waals surface area contributed by atoms with Crippen molar-refractivity contribution in [1.82, 2.24) is 10.6 Å². The summed E-state index contributed by atoms with van der Waals surface area (Å²) in [5, 5.41) is 16.1. The Kier molecular flexibility index (Phi) is 6.04. The van der Waals surface area contributed by atoms with E-state index in [0.29, 0.717) is 11.7 Å². The van der Waals surface area contributed by atoms with Gasteiger partial charge in [-0.3, -0.25) is 0 Å². The van der Waals surface area contributed by atoms with E-state index in [0.717, 1.165) is 15.4 Å². The molecule has 0 spiro atoms. The molecule has 0 atom stereocenters. The molecule has 0 amide bonds. The topological polar surface area (TPSA) is 44.3 Å². The summed E-state index contributed by atoms with van der Waals surface area (Å²) in [4.78, 5) is 2.23. The van der Waals surface area contributed by atoms with Gasteiger partial charge in [0.05, 0.1) is 6.61 Å². The molecule has 2 aromatic carbocycles. The standard InChI is InChI=1S/C16H18N2OS2/c1-17-16(20)18-10-12-6-2-4-8-14(12)21-15-9-5-3-7-13(15)11-19/h2-9,19H,10-11H2,1H3,(H2,17,18,20). The van der Waals surface area contributed by atoms with Crippen LogP contribution in [0.4, 0.5) is 0 Å². The van der Waals surface area contributed by atoms with E-state index in [1.807, 2.05) is 36.4 Å². The molecule has 2 aromatic rings. The molecule has 3 nitrogen and oxygen atoms in total. The molecule has 0 saturated carbocycles. The lowest BCUT2D eigenvalue weighted by Gasteiger charge is -2.13. The summed E-state index contributed by atoms with van der Waals surface area (Å²) in [6.45, 7) is 0.720. The van der Waals surface area contributed by atoms with Gasteiger partial charge < -0.3 is 15.7 Å². The first-order valence-corrected chi connectivity index (χ1v) is 7.87. The van der Waals surface area contributed by atoms with Gasteiger partial charge in [0.2, 0.25) is 0 Å². The number of benzene rings is 2. The number of aliphatic hydroxyl groups excluding tert-OH is 1. The summed E-state index contributed by atoms with van der Waals surface area (Å²) in [7, 11) is 1.80. The molecular weight excluding hydrogens is 300 g/mol. The Labute approximate surface area is 134 Å². The Morgan fingerprint density at radius 1 is 1.05 bits per heavy atom. The zero-order valence-corrected chi connectivity index (χ0v) is 13.4. The average Bonchev–Trinajstić information content (AvgIpc) is 2.54. The molecule has 0 radical (unpaired) electrons. The van der Waals surface area contributed by atoms with Crippen molar-refractivity contribution in [2.45, 2.75) is 22.9 Å². The van der Waals surface area contributed by atoms with Crippen molar-refractivity contribution >= 4 is 29.1 Å².